The number of anilines is 1. The highest BCUT2D eigenvalue weighted by Crippen LogP contribution is 2.30. The van der Waals surface area contributed by atoms with E-state index < -0.39 is 34.3 Å². The standard InChI is InChI=1S/C24H30Cl2FN3O4S/c1-5-21(24(32)28-13-16(2)3)29(14-17-6-9-19(27)10-7-17)23(31)15-30(35(4,33)34)22-11-8-18(25)12-20(22)26/h6-12,16,21H,5,13-15H2,1-4H3,(H,28,32). The van der Waals surface area contributed by atoms with Gasteiger partial charge in [-0.3, -0.25) is 13.9 Å². The molecule has 0 bridgehead atoms. The van der Waals surface area contributed by atoms with Crippen LogP contribution in [-0.4, -0.2) is 50.5 Å². The molecule has 192 valence electrons. The molecule has 35 heavy (non-hydrogen) atoms. The van der Waals surface area contributed by atoms with Gasteiger partial charge in [-0.25, -0.2) is 12.8 Å². The van der Waals surface area contributed by atoms with Gasteiger partial charge in [0.05, 0.1) is 17.0 Å². The van der Waals surface area contributed by atoms with Crippen molar-refractivity contribution in [2.45, 2.75) is 39.8 Å². The average molecular weight is 546 g/mol. The molecule has 11 heteroatoms. The predicted molar refractivity (Wildman–Crippen MR) is 138 cm³/mol. The quantitative estimate of drug-likeness (QED) is 0.451. The molecule has 0 saturated heterocycles. The van der Waals surface area contributed by atoms with Crippen LogP contribution in [0.4, 0.5) is 10.1 Å². The fourth-order valence-corrected chi connectivity index (χ4v) is 4.83. The minimum absolute atomic E-state index is 0.0152. The van der Waals surface area contributed by atoms with E-state index in [4.69, 9.17) is 23.2 Å². The van der Waals surface area contributed by atoms with E-state index in [0.29, 0.717) is 17.1 Å². The van der Waals surface area contributed by atoms with Gasteiger partial charge in [-0.05, 0) is 48.2 Å². The van der Waals surface area contributed by atoms with Crippen molar-refractivity contribution in [1.29, 1.82) is 0 Å². The van der Waals surface area contributed by atoms with Crippen molar-refractivity contribution in [3.8, 4) is 0 Å². The van der Waals surface area contributed by atoms with Crippen molar-refractivity contribution in [3.63, 3.8) is 0 Å². The summed E-state index contributed by atoms with van der Waals surface area (Å²) in [5, 5.41) is 3.20. The lowest BCUT2D eigenvalue weighted by Gasteiger charge is -2.33. The molecule has 2 aromatic carbocycles. The Labute approximate surface area is 216 Å². The molecule has 0 heterocycles. The number of benzene rings is 2. The third-order valence-electron chi connectivity index (χ3n) is 5.19. The summed E-state index contributed by atoms with van der Waals surface area (Å²) in [4.78, 5) is 27.9. The molecule has 0 saturated carbocycles. The lowest BCUT2D eigenvalue weighted by Crippen LogP contribution is -2.52. The Balaban J connectivity index is 2.44. The summed E-state index contributed by atoms with van der Waals surface area (Å²) in [7, 11) is -3.93. The van der Waals surface area contributed by atoms with Crippen molar-refractivity contribution >= 4 is 50.7 Å². The lowest BCUT2D eigenvalue weighted by molar-refractivity contribution is -0.140. The van der Waals surface area contributed by atoms with E-state index in [1.54, 1.807) is 6.92 Å². The zero-order chi connectivity index (χ0) is 26.3. The second-order valence-electron chi connectivity index (χ2n) is 8.58. The molecular weight excluding hydrogens is 516 g/mol. The van der Waals surface area contributed by atoms with Gasteiger partial charge in [0.25, 0.3) is 0 Å². The number of hydrogen-bond acceptors (Lipinski definition) is 4. The van der Waals surface area contributed by atoms with Crippen LogP contribution in [0, 0.1) is 11.7 Å². The molecule has 0 radical (unpaired) electrons. The monoisotopic (exact) mass is 545 g/mol. The topological polar surface area (TPSA) is 86.8 Å². The zero-order valence-electron chi connectivity index (χ0n) is 20.1. The molecule has 7 nitrogen and oxygen atoms in total. The van der Waals surface area contributed by atoms with Crippen LogP contribution in [0.15, 0.2) is 42.5 Å². The van der Waals surface area contributed by atoms with Crippen LogP contribution in [0.25, 0.3) is 0 Å². The maximum atomic E-state index is 13.6. The summed E-state index contributed by atoms with van der Waals surface area (Å²) in [6.45, 7) is 5.47. The normalized spacial score (nSPS) is 12.3. The fourth-order valence-electron chi connectivity index (χ4n) is 3.41. The summed E-state index contributed by atoms with van der Waals surface area (Å²) in [6.07, 6.45) is 1.25. The molecule has 1 unspecified atom stereocenters. The molecule has 0 aromatic heterocycles. The van der Waals surface area contributed by atoms with Crippen LogP contribution in [0.5, 0.6) is 0 Å². The fraction of sp³-hybridized carbons (Fsp3) is 0.417. The molecule has 0 aliphatic rings. The van der Waals surface area contributed by atoms with Gasteiger partial charge in [0.2, 0.25) is 21.8 Å². The first-order valence-corrected chi connectivity index (χ1v) is 13.7. The lowest BCUT2D eigenvalue weighted by atomic mass is 10.1. The molecule has 2 amide bonds. The first-order chi connectivity index (χ1) is 16.3. The number of rotatable bonds is 11. The number of halogens is 3. The van der Waals surface area contributed by atoms with Crippen LogP contribution < -0.4 is 9.62 Å². The average Bonchev–Trinajstić information content (AvgIpc) is 2.76. The first-order valence-electron chi connectivity index (χ1n) is 11.1. The highest BCUT2D eigenvalue weighted by molar-refractivity contribution is 7.92. The Morgan fingerprint density at radius 3 is 2.23 bits per heavy atom. The summed E-state index contributed by atoms with van der Waals surface area (Å²) in [6, 6.07) is 8.94. The maximum Gasteiger partial charge on any atom is 0.244 e. The van der Waals surface area contributed by atoms with E-state index in [9.17, 15) is 22.4 Å². The Kier molecular flexibility index (Phi) is 10.4. The molecule has 0 fully saturated rings. The van der Waals surface area contributed by atoms with Crippen molar-refractivity contribution in [3.05, 3.63) is 63.9 Å². The Hall–Kier alpha value is -2.36. The van der Waals surface area contributed by atoms with E-state index in [1.807, 2.05) is 13.8 Å². The van der Waals surface area contributed by atoms with E-state index in [-0.39, 0.29) is 35.5 Å². The van der Waals surface area contributed by atoms with E-state index in [0.717, 1.165) is 10.6 Å². The predicted octanol–water partition coefficient (Wildman–Crippen LogP) is 4.48. The molecule has 0 aliphatic heterocycles. The molecule has 0 aliphatic carbocycles. The van der Waals surface area contributed by atoms with Gasteiger partial charge in [0, 0.05) is 18.1 Å². The number of nitrogens with one attached hydrogen (secondary N) is 1. The smallest absolute Gasteiger partial charge is 0.244 e. The van der Waals surface area contributed by atoms with Gasteiger partial charge in [0.1, 0.15) is 18.4 Å². The van der Waals surface area contributed by atoms with Crippen LogP contribution in [0.2, 0.25) is 10.0 Å². The van der Waals surface area contributed by atoms with Crippen molar-refractivity contribution < 1.29 is 22.4 Å². The minimum Gasteiger partial charge on any atom is -0.354 e. The maximum absolute atomic E-state index is 13.6. The number of hydrogen-bond donors (Lipinski definition) is 1. The molecule has 2 aromatic rings. The summed E-state index contributed by atoms with van der Waals surface area (Å²) in [5.41, 5.74) is 0.677. The summed E-state index contributed by atoms with van der Waals surface area (Å²) in [5.74, 6) is -1.20. The van der Waals surface area contributed by atoms with Gasteiger partial charge in [-0.2, -0.15) is 0 Å². The zero-order valence-corrected chi connectivity index (χ0v) is 22.4. The summed E-state index contributed by atoms with van der Waals surface area (Å²) >= 11 is 12.2. The second kappa shape index (κ2) is 12.6. The summed E-state index contributed by atoms with van der Waals surface area (Å²) < 4.78 is 39.5. The van der Waals surface area contributed by atoms with Gasteiger partial charge in [0.15, 0.2) is 0 Å². The van der Waals surface area contributed by atoms with Gasteiger partial charge < -0.3 is 10.2 Å². The van der Waals surface area contributed by atoms with E-state index in [1.165, 1.54) is 47.4 Å². The van der Waals surface area contributed by atoms with Crippen LogP contribution in [0.3, 0.4) is 0 Å². The van der Waals surface area contributed by atoms with E-state index in [2.05, 4.69) is 5.32 Å². The highest BCUT2D eigenvalue weighted by atomic mass is 35.5. The highest BCUT2D eigenvalue weighted by Gasteiger charge is 2.32. The van der Waals surface area contributed by atoms with Crippen LogP contribution in [0.1, 0.15) is 32.8 Å². The number of amides is 2. The van der Waals surface area contributed by atoms with Crippen LogP contribution >= 0.6 is 23.2 Å². The van der Waals surface area contributed by atoms with Crippen molar-refractivity contribution in [1.82, 2.24) is 10.2 Å². The molecule has 2 rings (SSSR count). The third kappa shape index (κ3) is 8.37. The number of nitrogens with zero attached hydrogens (tertiary/aromatic N) is 2. The molecule has 1 atom stereocenters. The van der Waals surface area contributed by atoms with Crippen molar-refractivity contribution in [2.24, 2.45) is 5.92 Å². The number of carbonyl (C=O) groups is 2. The number of carbonyl (C=O) groups excluding carboxylic acids is 2. The Morgan fingerprint density at radius 2 is 1.71 bits per heavy atom. The van der Waals surface area contributed by atoms with Crippen LogP contribution in [-0.2, 0) is 26.2 Å². The van der Waals surface area contributed by atoms with Gasteiger partial charge in [-0.1, -0.05) is 56.1 Å². The molecule has 0 spiro atoms. The molecular formula is C24H30Cl2FN3O4S. The number of sulfonamides is 1. The van der Waals surface area contributed by atoms with Crippen molar-refractivity contribution in [2.75, 3.05) is 23.7 Å². The Bertz CT molecular complexity index is 1140. The van der Waals surface area contributed by atoms with Gasteiger partial charge >= 0.3 is 0 Å². The first kappa shape index (κ1) is 28.9. The van der Waals surface area contributed by atoms with E-state index >= 15 is 0 Å². The molecule has 1 N–H and O–H groups in total. The largest absolute Gasteiger partial charge is 0.354 e. The SMILES string of the molecule is CCC(C(=O)NCC(C)C)N(Cc1ccc(F)cc1)C(=O)CN(c1ccc(Cl)cc1Cl)S(C)(=O)=O. The van der Waals surface area contributed by atoms with Gasteiger partial charge in [-0.15, -0.1) is 0 Å². The Morgan fingerprint density at radius 1 is 1.09 bits per heavy atom. The third-order valence-corrected chi connectivity index (χ3v) is 6.86. The second-order valence-corrected chi connectivity index (χ2v) is 11.3. The minimum atomic E-state index is -3.93.